The van der Waals surface area contributed by atoms with Crippen LogP contribution in [0, 0.1) is 0 Å². The number of carbonyl (C=O) groups is 2. The molecule has 3 aromatic rings. The highest BCUT2D eigenvalue weighted by atomic mass is 16.5. The lowest BCUT2D eigenvalue weighted by Gasteiger charge is -2.25. The van der Waals surface area contributed by atoms with Gasteiger partial charge in [0.1, 0.15) is 0 Å². The normalized spacial score (nSPS) is 15.7. The molecule has 1 unspecified atom stereocenters. The zero-order chi connectivity index (χ0) is 19.5. The summed E-state index contributed by atoms with van der Waals surface area (Å²) in [6, 6.07) is 19.2. The third kappa shape index (κ3) is 3.62. The molecule has 1 heterocycles. The molecule has 4 rings (SSSR count). The van der Waals surface area contributed by atoms with Gasteiger partial charge in [0.25, 0.3) is 0 Å². The minimum absolute atomic E-state index is 0.185. The SMILES string of the molecule is COC(=O)c1cc2ccccc2cc1NC(=O)CC1OCCc2ccccc21. The van der Waals surface area contributed by atoms with Gasteiger partial charge in [0.2, 0.25) is 5.91 Å². The summed E-state index contributed by atoms with van der Waals surface area (Å²) < 4.78 is 10.7. The maximum absolute atomic E-state index is 12.7. The average molecular weight is 375 g/mol. The fourth-order valence-corrected chi connectivity index (χ4v) is 3.64. The average Bonchev–Trinajstić information content (AvgIpc) is 2.73. The Morgan fingerprint density at radius 2 is 1.79 bits per heavy atom. The van der Waals surface area contributed by atoms with Gasteiger partial charge in [0.05, 0.1) is 37.5 Å². The van der Waals surface area contributed by atoms with E-state index in [0.29, 0.717) is 17.9 Å². The molecular formula is C23H21NO4. The third-order valence-corrected chi connectivity index (χ3v) is 5.03. The van der Waals surface area contributed by atoms with Gasteiger partial charge in [-0.3, -0.25) is 4.79 Å². The lowest BCUT2D eigenvalue weighted by atomic mass is 9.95. The van der Waals surface area contributed by atoms with Crippen LogP contribution in [0.4, 0.5) is 5.69 Å². The number of esters is 1. The maximum Gasteiger partial charge on any atom is 0.339 e. The van der Waals surface area contributed by atoms with Gasteiger partial charge >= 0.3 is 5.97 Å². The highest BCUT2D eigenvalue weighted by molar-refractivity contribution is 6.05. The summed E-state index contributed by atoms with van der Waals surface area (Å²) in [5.41, 5.74) is 3.04. The molecule has 142 valence electrons. The summed E-state index contributed by atoms with van der Waals surface area (Å²) in [5.74, 6) is -0.692. The summed E-state index contributed by atoms with van der Waals surface area (Å²) in [6.45, 7) is 0.596. The topological polar surface area (TPSA) is 64.6 Å². The van der Waals surface area contributed by atoms with E-state index >= 15 is 0 Å². The van der Waals surface area contributed by atoms with Crippen molar-refractivity contribution in [3.8, 4) is 0 Å². The van der Waals surface area contributed by atoms with Crippen LogP contribution in [0.3, 0.4) is 0 Å². The maximum atomic E-state index is 12.7. The van der Waals surface area contributed by atoms with E-state index in [4.69, 9.17) is 9.47 Å². The van der Waals surface area contributed by atoms with Crippen LogP contribution in [0.1, 0.15) is 34.0 Å². The monoisotopic (exact) mass is 375 g/mol. The molecule has 5 heteroatoms. The van der Waals surface area contributed by atoms with Gasteiger partial charge in [-0.2, -0.15) is 0 Å². The molecule has 0 spiro atoms. The van der Waals surface area contributed by atoms with Crippen LogP contribution in [0.2, 0.25) is 0 Å². The molecule has 0 bridgehead atoms. The van der Waals surface area contributed by atoms with Gasteiger partial charge in [0, 0.05) is 0 Å². The number of methoxy groups -OCH3 is 1. The van der Waals surface area contributed by atoms with Crippen molar-refractivity contribution in [2.75, 3.05) is 19.0 Å². The van der Waals surface area contributed by atoms with E-state index in [1.165, 1.54) is 12.7 Å². The number of ether oxygens (including phenoxy) is 2. The Kier molecular flexibility index (Phi) is 5.08. The quantitative estimate of drug-likeness (QED) is 0.692. The van der Waals surface area contributed by atoms with Crippen LogP contribution in [0.5, 0.6) is 0 Å². The fourth-order valence-electron chi connectivity index (χ4n) is 3.64. The molecule has 1 aliphatic heterocycles. The minimum atomic E-state index is -0.486. The van der Waals surface area contributed by atoms with Gasteiger partial charge in [-0.1, -0.05) is 48.5 Å². The molecule has 0 radical (unpaired) electrons. The Hall–Kier alpha value is -3.18. The number of hydrogen-bond acceptors (Lipinski definition) is 4. The van der Waals surface area contributed by atoms with Crippen LogP contribution in [-0.2, 0) is 20.7 Å². The molecule has 1 N–H and O–H groups in total. The number of carbonyl (C=O) groups excluding carboxylic acids is 2. The van der Waals surface area contributed by atoms with Gasteiger partial charge in [0.15, 0.2) is 0 Å². The van der Waals surface area contributed by atoms with Crippen molar-refractivity contribution in [3.05, 3.63) is 77.4 Å². The van der Waals surface area contributed by atoms with E-state index in [1.807, 2.05) is 42.5 Å². The van der Waals surface area contributed by atoms with Crippen molar-refractivity contribution in [3.63, 3.8) is 0 Å². The number of fused-ring (bicyclic) bond motifs is 2. The Labute approximate surface area is 163 Å². The van der Waals surface area contributed by atoms with Crippen LogP contribution >= 0.6 is 0 Å². The molecule has 0 aromatic heterocycles. The molecular weight excluding hydrogens is 354 g/mol. The summed E-state index contributed by atoms with van der Waals surface area (Å²) >= 11 is 0. The van der Waals surface area contributed by atoms with Crippen LogP contribution in [0.15, 0.2) is 60.7 Å². The van der Waals surface area contributed by atoms with E-state index < -0.39 is 5.97 Å². The molecule has 1 amide bonds. The second kappa shape index (κ2) is 7.82. The van der Waals surface area contributed by atoms with Crippen LogP contribution in [-0.4, -0.2) is 25.6 Å². The van der Waals surface area contributed by atoms with E-state index in [2.05, 4.69) is 11.4 Å². The van der Waals surface area contributed by atoms with Crippen LogP contribution in [0.25, 0.3) is 10.8 Å². The first-order valence-corrected chi connectivity index (χ1v) is 9.26. The van der Waals surface area contributed by atoms with Gasteiger partial charge < -0.3 is 14.8 Å². The Morgan fingerprint density at radius 1 is 1.07 bits per heavy atom. The molecule has 1 aliphatic rings. The van der Waals surface area contributed by atoms with Crippen molar-refractivity contribution in [2.24, 2.45) is 0 Å². The number of rotatable bonds is 4. The lowest BCUT2D eigenvalue weighted by molar-refractivity contribution is -0.119. The number of hydrogen-bond donors (Lipinski definition) is 1. The molecule has 0 saturated heterocycles. The van der Waals surface area contributed by atoms with Crippen molar-refractivity contribution in [2.45, 2.75) is 18.9 Å². The predicted octanol–water partition coefficient (Wildman–Crippen LogP) is 4.27. The van der Waals surface area contributed by atoms with E-state index in [-0.39, 0.29) is 18.4 Å². The standard InChI is InChI=1S/C23H21NO4/c1-27-23(26)19-12-16-7-2-3-8-17(16)13-20(19)24-22(25)14-21-18-9-5-4-6-15(18)10-11-28-21/h2-9,12-13,21H,10-11,14H2,1H3,(H,24,25). The number of anilines is 1. The van der Waals surface area contributed by atoms with E-state index in [0.717, 1.165) is 22.8 Å². The van der Waals surface area contributed by atoms with Gasteiger partial charge in [-0.25, -0.2) is 4.79 Å². The van der Waals surface area contributed by atoms with Crippen molar-refractivity contribution in [1.29, 1.82) is 0 Å². The Morgan fingerprint density at radius 3 is 2.57 bits per heavy atom. The second-order valence-electron chi connectivity index (χ2n) is 6.80. The fraction of sp³-hybridized carbons (Fsp3) is 0.217. The highest BCUT2D eigenvalue weighted by Gasteiger charge is 2.24. The largest absolute Gasteiger partial charge is 0.465 e. The number of nitrogens with one attached hydrogen (secondary N) is 1. The zero-order valence-corrected chi connectivity index (χ0v) is 15.6. The summed E-state index contributed by atoms with van der Waals surface area (Å²) in [5, 5.41) is 4.72. The van der Waals surface area contributed by atoms with Crippen molar-refractivity contribution >= 4 is 28.3 Å². The van der Waals surface area contributed by atoms with Gasteiger partial charge in [-0.15, -0.1) is 0 Å². The molecule has 0 saturated carbocycles. The summed E-state index contributed by atoms with van der Waals surface area (Å²) in [7, 11) is 1.33. The summed E-state index contributed by atoms with van der Waals surface area (Å²) in [4.78, 5) is 25.0. The molecule has 3 aromatic carbocycles. The van der Waals surface area contributed by atoms with E-state index in [9.17, 15) is 9.59 Å². The molecule has 1 atom stereocenters. The first kappa shape index (κ1) is 18.2. The third-order valence-electron chi connectivity index (χ3n) is 5.03. The second-order valence-corrected chi connectivity index (χ2v) is 6.80. The first-order chi connectivity index (χ1) is 13.7. The van der Waals surface area contributed by atoms with Gasteiger partial charge in [-0.05, 0) is 40.5 Å². The van der Waals surface area contributed by atoms with Crippen molar-refractivity contribution in [1.82, 2.24) is 0 Å². The van der Waals surface area contributed by atoms with E-state index in [1.54, 1.807) is 12.1 Å². The predicted molar refractivity (Wildman–Crippen MR) is 107 cm³/mol. The number of amides is 1. The molecule has 0 aliphatic carbocycles. The highest BCUT2D eigenvalue weighted by Crippen LogP contribution is 2.31. The molecule has 0 fully saturated rings. The van der Waals surface area contributed by atoms with Crippen LogP contribution < -0.4 is 5.32 Å². The molecule has 28 heavy (non-hydrogen) atoms. The zero-order valence-electron chi connectivity index (χ0n) is 15.6. The first-order valence-electron chi connectivity index (χ1n) is 9.26. The smallest absolute Gasteiger partial charge is 0.339 e. The number of benzene rings is 3. The Bertz CT molecular complexity index is 1040. The van der Waals surface area contributed by atoms with Crippen molar-refractivity contribution < 1.29 is 19.1 Å². The Balaban J connectivity index is 1.59. The molecule has 5 nitrogen and oxygen atoms in total. The lowest BCUT2D eigenvalue weighted by Crippen LogP contribution is -2.23. The minimum Gasteiger partial charge on any atom is -0.465 e. The summed E-state index contributed by atoms with van der Waals surface area (Å²) in [6.07, 6.45) is 0.752.